The zero-order valence-electron chi connectivity index (χ0n) is 10.7. The smallest absolute Gasteiger partial charge is 0.428 e. The Kier molecular flexibility index (Phi) is 3.30. The van der Waals surface area contributed by atoms with Crippen LogP contribution in [-0.2, 0) is 16.1 Å². The van der Waals surface area contributed by atoms with Gasteiger partial charge in [-0.15, -0.1) is 0 Å². The number of fused-ring (bicyclic) bond motifs is 1. The quantitative estimate of drug-likeness (QED) is 0.872. The minimum Gasteiger partial charge on any atom is -0.443 e. The van der Waals surface area contributed by atoms with Crippen molar-refractivity contribution in [2.24, 2.45) is 4.99 Å². The van der Waals surface area contributed by atoms with Crippen molar-refractivity contribution in [2.45, 2.75) is 6.61 Å². The molecule has 20 heavy (non-hydrogen) atoms. The number of Topliss-reactive ketones (excluding diaryl/α,β-unsaturated/α-hetero) is 1. The number of hydrogen-bond acceptors (Lipinski definition) is 5. The van der Waals surface area contributed by atoms with Crippen molar-refractivity contribution in [1.29, 1.82) is 0 Å². The van der Waals surface area contributed by atoms with Crippen LogP contribution in [0.3, 0.4) is 0 Å². The highest BCUT2D eigenvalue weighted by Crippen LogP contribution is 2.14. The summed E-state index contributed by atoms with van der Waals surface area (Å²) in [6.07, 6.45) is 0.908. The third kappa shape index (κ3) is 2.46. The second-order valence-corrected chi connectivity index (χ2v) is 4.47. The molecule has 0 atom stereocenters. The predicted molar refractivity (Wildman–Crippen MR) is 71.9 cm³/mol. The van der Waals surface area contributed by atoms with Crippen LogP contribution in [0.25, 0.3) is 0 Å². The SMILES string of the molecule is O=C1CN=C2CNN(C(=O)OCc3ccccc3)C=C12. The summed E-state index contributed by atoms with van der Waals surface area (Å²) in [5.41, 5.74) is 4.94. The van der Waals surface area contributed by atoms with Crippen molar-refractivity contribution in [3.05, 3.63) is 47.7 Å². The molecule has 0 aliphatic carbocycles. The van der Waals surface area contributed by atoms with Crippen molar-refractivity contribution in [3.8, 4) is 0 Å². The second kappa shape index (κ2) is 5.26. The van der Waals surface area contributed by atoms with E-state index in [1.54, 1.807) is 0 Å². The number of aliphatic imine (C=N–C) groups is 1. The number of carbonyl (C=O) groups is 2. The third-order valence-corrected chi connectivity index (χ3v) is 3.10. The van der Waals surface area contributed by atoms with Crippen molar-refractivity contribution in [1.82, 2.24) is 10.4 Å². The molecule has 1 amide bonds. The molecule has 0 unspecified atom stereocenters. The molecule has 0 aromatic heterocycles. The lowest BCUT2D eigenvalue weighted by atomic mass is 10.1. The van der Waals surface area contributed by atoms with Gasteiger partial charge in [0, 0.05) is 6.20 Å². The molecule has 0 bridgehead atoms. The van der Waals surface area contributed by atoms with Crippen molar-refractivity contribution in [2.75, 3.05) is 13.1 Å². The Morgan fingerprint density at radius 2 is 2.15 bits per heavy atom. The summed E-state index contributed by atoms with van der Waals surface area (Å²) >= 11 is 0. The molecular formula is C14H13N3O3. The van der Waals surface area contributed by atoms with Crippen LogP contribution < -0.4 is 5.43 Å². The van der Waals surface area contributed by atoms with E-state index >= 15 is 0 Å². The van der Waals surface area contributed by atoms with E-state index in [-0.39, 0.29) is 18.9 Å². The zero-order chi connectivity index (χ0) is 13.9. The maximum atomic E-state index is 11.9. The summed E-state index contributed by atoms with van der Waals surface area (Å²) in [6.45, 7) is 0.712. The lowest BCUT2D eigenvalue weighted by molar-refractivity contribution is -0.113. The minimum atomic E-state index is -0.542. The van der Waals surface area contributed by atoms with Crippen LogP contribution in [-0.4, -0.2) is 35.7 Å². The largest absolute Gasteiger partial charge is 0.443 e. The lowest BCUT2D eigenvalue weighted by Gasteiger charge is -2.23. The number of rotatable bonds is 2. The Bertz CT molecular complexity index is 607. The summed E-state index contributed by atoms with van der Waals surface area (Å²) < 4.78 is 5.18. The van der Waals surface area contributed by atoms with E-state index in [1.165, 1.54) is 11.2 Å². The molecule has 6 heteroatoms. The van der Waals surface area contributed by atoms with E-state index in [0.29, 0.717) is 17.8 Å². The first-order valence-corrected chi connectivity index (χ1v) is 6.26. The van der Waals surface area contributed by atoms with Crippen LogP contribution in [0.4, 0.5) is 4.79 Å². The Morgan fingerprint density at radius 1 is 1.35 bits per heavy atom. The molecule has 1 aromatic rings. The van der Waals surface area contributed by atoms with Crippen molar-refractivity contribution < 1.29 is 14.3 Å². The number of nitrogens with one attached hydrogen (secondary N) is 1. The monoisotopic (exact) mass is 271 g/mol. The molecule has 0 saturated heterocycles. The van der Waals surface area contributed by atoms with Crippen LogP contribution in [0, 0.1) is 0 Å². The summed E-state index contributed by atoms with van der Waals surface area (Å²) in [7, 11) is 0. The average molecular weight is 271 g/mol. The summed E-state index contributed by atoms with van der Waals surface area (Å²) in [5, 5.41) is 1.19. The van der Waals surface area contributed by atoms with E-state index in [2.05, 4.69) is 10.4 Å². The fourth-order valence-electron chi connectivity index (χ4n) is 2.04. The third-order valence-electron chi connectivity index (χ3n) is 3.10. The van der Waals surface area contributed by atoms with E-state index < -0.39 is 6.09 Å². The van der Waals surface area contributed by atoms with Gasteiger partial charge in [-0.3, -0.25) is 9.79 Å². The van der Waals surface area contributed by atoms with Gasteiger partial charge in [0.15, 0.2) is 5.78 Å². The van der Waals surface area contributed by atoms with Crippen LogP contribution in [0.15, 0.2) is 47.1 Å². The van der Waals surface area contributed by atoms with Gasteiger partial charge in [0.25, 0.3) is 0 Å². The Morgan fingerprint density at radius 3 is 2.95 bits per heavy atom. The highest BCUT2D eigenvalue weighted by atomic mass is 16.6. The van der Waals surface area contributed by atoms with Crippen LogP contribution in [0.1, 0.15) is 5.56 Å². The van der Waals surface area contributed by atoms with Gasteiger partial charge < -0.3 is 4.74 Å². The van der Waals surface area contributed by atoms with Crippen LogP contribution in [0.5, 0.6) is 0 Å². The lowest BCUT2D eigenvalue weighted by Crippen LogP contribution is -2.46. The van der Waals surface area contributed by atoms with Gasteiger partial charge in [-0.25, -0.2) is 15.2 Å². The standard InChI is InChI=1S/C14H13N3O3/c18-13-7-15-12-6-16-17(8-11(12)13)14(19)20-9-10-4-2-1-3-5-10/h1-5,8,16H,6-7,9H2. The molecule has 0 radical (unpaired) electrons. The fourth-order valence-corrected chi connectivity index (χ4v) is 2.04. The predicted octanol–water partition coefficient (Wildman–Crippen LogP) is 1.05. The number of hydrazine groups is 1. The molecule has 1 aromatic carbocycles. The van der Waals surface area contributed by atoms with Gasteiger partial charge >= 0.3 is 6.09 Å². The number of nitrogens with zero attached hydrogens (tertiary/aromatic N) is 2. The molecular weight excluding hydrogens is 258 g/mol. The molecule has 0 saturated carbocycles. The topological polar surface area (TPSA) is 71.0 Å². The van der Waals surface area contributed by atoms with Gasteiger partial charge in [-0.2, -0.15) is 0 Å². The first kappa shape index (κ1) is 12.6. The number of amides is 1. The first-order chi connectivity index (χ1) is 9.74. The summed E-state index contributed by atoms with van der Waals surface area (Å²) in [4.78, 5) is 27.6. The van der Waals surface area contributed by atoms with Gasteiger partial charge in [-0.05, 0) is 5.56 Å². The van der Waals surface area contributed by atoms with Gasteiger partial charge in [0.2, 0.25) is 0 Å². The first-order valence-electron chi connectivity index (χ1n) is 6.26. The number of carbonyl (C=O) groups excluding carboxylic acids is 2. The number of benzene rings is 1. The molecule has 2 heterocycles. The molecule has 2 aliphatic heterocycles. The Labute approximate surface area is 115 Å². The van der Waals surface area contributed by atoms with E-state index in [1.807, 2.05) is 30.3 Å². The second-order valence-electron chi connectivity index (χ2n) is 4.47. The molecule has 2 aliphatic rings. The van der Waals surface area contributed by atoms with Crippen molar-refractivity contribution in [3.63, 3.8) is 0 Å². The zero-order valence-corrected chi connectivity index (χ0v) is 10.7. The molecule has 3 rings (SSSR count). The molecule has 0 spiro atoms. The average Bonchev–Trinajstić information content (AvgIpc) is 2.87. The molecule has 1 N–H and O–H groups in total. The molecule has 0 fully saturated rings. The van der Waals surface area contributed by atoms with E-state index in [4.69, 9.17) is 4.74 Å². The maximum Gasteiger partial charge on any atom is 0.428 e. The Balaban J connectivity index is 1.64. The highest BCUT2D eigenvalue weighted by Gasteiger charge is 2.29. The normalized spacial score (nSPS) is 17.4. The minimum absolute atomic E-state index is 0.0673. The summed E-state index contributed by atoms with van der Waals surface area (Å²) in [5.74, 6) is -0.0673. The van der Waals surface area contributed by atoms with E-state index in [9.17, 15) is 9.59 Å². The molecule has 102 valence electrons. The van der Waals surface area contributed by atoms with Crippen molar-refractivity contribution >= 4 is 17.6 Å². The number of ether oxygens (including phenoxy) is 1. The molecule has 6 nitrogen and oxygen atoms in total. The summed E-state index contributed by atoms with van der Waals surface area (Å²) in [6, 6.07) is 9.41. The number of ketones is 1. The van der Waals surface area contributed by atoms with Gasteiger partial charge in [0.05, 0.1) is 17.8 Å². The van der Waals surface area contributed by atoms with Gasteiger partial charge in [-0.1, -0.05) is 30.3 Å². The Hall–Kier alpha value is -2.47. The number of hydrogen-bond donors (Lipinski definition) is 1. The highest BCUT2D eigenvalue weighted by molar-refractivity contribution is 6.27. The van der Waals surface area contributed by atoms with Crippen LogP contribution >= 0.6 is 0 Å². The van der Waals surface area contributed by atoms with Crippen LogP contribution in [0.2, 0.25) is 0 Å². The van der Waals surface area contributed by atoms with Gasteiger partial charge in [0.1, 0.15) is 13.2 Å². The maximum absolute atomic E-state index is 11.9. The van der Waals surface area contributed by atoms with E-state index in [0.717, 1.165) is 5.56 Å². The fraction of sp³-hybridized carbons (Fsp3) is 0.214.